The smallest absolute Gasteiger partial charge is 0.319 e. The van der Waals surface area contributed by atoms with Crippen molar-refractivity contribution in [1.29, 1.82) is 0 Å². The fourth-order valence-corrected chi connectivity index (χ4v) is 2.46. The number of ketones is 1. The third-order valence-corrected chi connectivity index (χ3v) is 3.82. The quantitative estimate of drug-likeness (QED) is 0.234. The Bertz CT molecular complexity index is 628. The molecule has 0 heterocycles. The number of hydrogen-bond donors (Lipinski definition) is 0. The van der Waals surface area contributed by atoms with Crippen molar-refractivity contribution in [2.45, 2.75) is 32.7 Å². The number of nitrogens with zero attached hydrogens (tertiary/aromatic N) is 1. The Morgan fingerprint density at radius 3 is 2.52 bits per heavy atom. The topological polar surface area (TPSA) is 95.7 Å². The van der Waals surface area contributed by atoms with Gasteiger partial charge in [-0.1, -0.05) is 0 Å². The van der Waals surface area contributed by atoms with E-state index in [1.54, 1.807) is 13.8 Å². The predicted molar refractivity (Wildman–Crippen MR) is 86.6 cm³/mol. The molecule has 23 heavy (non-hydrogen) atoms. The fraction of sp³-hybridized carbons (Fsp3) is 0.467. The first kappa shape index (κ1) is 19.1. The normalized spacial score (nSPS) is 12.4. The van der Waals surface area contributed by atoms with E-state index in [1.807, 2.05) is 0 Å². The molecule has 0 aliphatic rings. The maximum Gasteiger partial charge on any atom is 0.319 e. The molecule has 1 atom stereocenters. The summed E-state index contributed by atoms with van der Waals surface area (Å²) in [5, 5.41) is 9.68. The number of esters is 1. The minimum Gasteiger partial charge on any atom is -0.471 e. The number of carbonyl (C=O) groups excluding carboxylic acids is 2. The van der Waals surface area contributed by atoms with Gasteiger partial charge in [0, 0.05) is 6.07 Å². The zero-order chi connectivity index (χ0) is 17.8. The lowest BCUT2D eigenvalue weighted by molar-refractivity contribution is -0.385. The highest BCUT2D eigenvalue weighted by molar-refractivity contribution is 9.09. The van der Waals surface area contributed by atoms with E-state index in [1.165, 1.54) is 32.0 Å². The standard InChI is InChI=1S/C15H18BrNO6/c1-5-22-14(19)15(3,4)12(18)13(16)23-11-8-10(17(20)21)7-6-9(11)2/h6-8,13H,5H2,1-4H3. The summed E-state index contributed by atoms with van der Waals surface area (Å²) in [6.07, 6.45) is 0. The number of halogens is 1. The number of carbonyl (C=O) groups is 2. The molecule has 0 N–H and O–H groups in total. The van der Waals surface area contributed by atoms with Gasteiger partial charge in [-0.2, -0.15) is 0 Å². The van der Waals surface area contributed by atoms with Crippen LogP contribution in [0.2, 0.25) is 0 Å². The number of ether oxygens (including phenoxy) is 2. The largest absolute Gasteiger partial charge is 0.471 e. The molecule has 0 amide bonds. The molecule has 0 spiro atoms. The number of hydrogen-bond acceptors (Lipinski definition) is 6. The number of nitro benzene ring substituents is 1. The van der Waals surface area contributed by atoms with Crippen molar-refractivity contribution in [2.24, 2.45) is 5.41 Å². The molecule has 7 nitrogen and oxygen atoms in total. The van der Waals surface area contributed by atoms with Crippen LogP contribution in [0.1, 0.15) is 26.3 Å². The van der Waals surface area contributed by atoms with Crippen LogP contribution >= 0.6 is 15.9 Å². The van der Waals surface area contributed by atoms with E-state index in [4.69, 9.17) is 9.47 Å². The van der Waals surface area contributed by atoms with Crippen LogP contribution in [-0.2, 0) is 14.3 Å². The second kappa shape index (κ2) is 7.54. The van der Waals surface area contributed by atoms with Gasteiger partial charge in [-0.3, -0.25) is 19.7 Å². The van der Waals surface area contributed by atoms with Crippen LogP contribution < -0.4 is 4.74 Å². The lowest BCUT2D eigenvalue weighted by Crippen LogP contribution is -2.41. The van der Waals surface area contributed by atoms with Crippen molar-refractivity contribution in [2.75, 3.05) is 6.61 Å². The molecule has 0 aliphatic carbocycles. The Labute approximate surface area is 142 Å². The van der Waals surface area contributed by atoms with Crippen LogP contribution in [0.15, 0.2) is 18.2 Å². The monoisotopic (exact) mass is 387 g/mol. The molecule has 0 bridgehead atoms. The average Bonchev–Trinajstić information content (AvgIpc) is 2.48. The van der Waals surface area contributed by atoms with Crippen molar-refractivity contribution in [1.82, 2.24) is 0 Å². The fourth-order valence-electron chi connectivity index (χ4n) is 1.69. The van der Waals surface area contributed by atoms with Crippen LogP contribution in [0.4, 0.5) is 5.69 Å². The summed E-state index contributed by atoms with van der Waals surface area (Å²) in [4.78, 5) is 34.5. The van der Waals surface area contributed by atoms with E-state index in [9.17, 15) is 19.7 Å². The molecule has 0 saturated heterocycles. The second-order valence-corrected chi connectivity index (χ2v) is 6.18. The minimum absolute atomic E-state index is 0.151. The number of benzene rings is 1. The molecule has 1 unspecified atom stereocenters. The van der Waals surface area contributed by atoms with E-state index in [-0.39, 0.29) is 18.0 Å². The van der Waals surface area contributed by atoms with Gasteiger partial charge in [-0.15, -0.1) is 0 Å². The maximum absolute atomic E-state index is 12.4. The predicted octanol–water partition coefficient (Wildman–Crippen LogP) is 3.16. The van der Waals surface area contributed by atoms with E-state index >= 15 is 0 Å². The van der Waals surface area contributed by atoms with Crippen LogP contribution in [0.3, 0.4) is 0 Å². The summed E-state index contributed by atoms with van der Waals surface area (Å²) in [6.45, 7) is 6.37. The Morgan fingerprint density at radius 1 is 1.39 bits per heavy atom. The highest BCUT2D eigenvalue weighted by Crippen LogP contribution is 2.29. The van der Waals surface area contributed by atoms with Crippen LogP contribution in [0.5, 0.6) is 5.75 Å². The van der Waals surface area contributed by atoms with Crippen molar-refractivity contribution in [3.63, 3.8) is 0 Å². The lowest BCUT2D eigenvalue weighted by atomic mass is 9.88. The van der Waals surface area contributed by atoms with Crippen LogP contribution in [-0.4, -0.2) is 28.3 Å². The Morgan fingerprint density at radius 2 is 2.00 bits per heavy atom. The summed E-state index contributed by atoms with van der Waals surface area (Å²) in [5.41, 5.74) is -0.928. The highest BCUT2D eigenvalue weighted by atomic mass is 79.9. The molecular formula is C15H18BrNO6. The van der Waals surface area contributed by atoms with Crippen molar-refractivity contribution < 1.29 is 24.0 Å². The van der Waals surface area contributed by atoms with Gasteiger partial charge in [-0.05, 0) is 55.3 Å². The molecular weight excluding hydrogens is 370 g/mol. The first-order chi connectivity index (χ1) is 10.6. The van der Waals surface area contributed by atoms with E-state index in [2.05, 4.69) is 15.9 Å². The summed E-state index contributed by atoms with van der Waals surface area (Å²) in [5.74, 6) is -1.01. The first-order valence-electron chi connectivity index (χ1n) is 6.88. The van der Waals surface area contributed by atoms with Crippen molar-refractivity contribution >= 4 is 33.4 Å². The van der Waals surface area contributed by atoms with Gasteiger partial charge in [0.15, 0.2) is 0 Å². The average molecular weight is 388 g/mol. The summed E-state index contributed by atoms with van der Waals surface area (Å²) >= 11 is 3.08. The lowest BCUT2D eigenvalue weighted by Gasteiger charge is -2.24. The van der Waals surface area contributed by atoms with Gasteiger partial charge >= 0.3 is 5.97 Å². The molecule has 0 aliphatic heterocycles. The number of aryl methyl sites for hydroxylation is 1. The number of alkyl halides is 1. The summed E-state index contributed by atoms with van der Waals surface area (Å²) in [7, 11) is 0. The molecule has 0 saturated carbocycles. The highest BCUT2D eigenvalue weighted by Gasteiger charge is 2.41. The van der Waals surface area contributed by atoms with Crippen LogP contribution in [0.25, 0.3) is 0 Å². The minimum atomic E-state index is -1.40. The van der Waals surface area contributed by atoms with Crippen molar-refractivity contribution in [3.8, 4) is 5.75 Å². The molecule has 1 aromatic rings. The molecule has 1 aromatic carbocycles. The Balaban J connectivity index is 2.97. The number of nitro groups is 1. The third kappa shape index (κ3) is 4.51. The summed E-state index contributed by atoms with van der Waals surface area (Å²) < 4.78 is 10.3. The van der Waals surface area contributed by atoms with Gasteiger partial charge in [0.1, 0.15) is 11.2 Å². The third-order valence-electron chi connectivity index (χ3n) is 3.22. The zero-order valence-corrected chi connectivity index (χ0v) is 14.9. The van der Waals surface area contributed by atoms with Gasteiger partial charge in [-0.25, -0.2) is 0 Å². The zero-order valence-electron chi connectivity index (χ0n) is 13.3. The molecule has 0 aromatic heterocycles. The molecule has 1 rings (SSSR count). The Hall–Kier alpha value is -1.96. The first-order valence-corrected chi connectivity index (χ1v) is 7.80. The molecule has 126 valence electrons. The Kier molecular flexibility index (Phi) is 6.26. The second-order valence-electron chi connectivity index (χ2n) is 5.35. The van der Waals surface area contributed by atoms with Crippen molar-refractivity contribution in [3.05, 3.63) is 33.9 Å². The van der Waals surface area contributed by atoms with E-state index in [0.717, 1.165) is 0 Å². The molecule has 8 heteroatoms. The summed E-state index contributed by atoms with van der Waals surface area (Å²) in [6, 6.07) is 4.10. The van der Waals surface area contributed by atoms with Gasteiger partial charge in [0.25, 0.3) is 5.69 Å². The van der Waals surface area contributed by atoms with Gasteiger partial charge in [0.05, 0.1) is 17.6 Å². The number of Topliss-reactive ketones (excluding diaryl/α,β-unsaturated/α-hetero) is 1. The molecule has 0 fully saturated rings. The molecule has 0 radical (unpaired) electrons. The van der Waals surface area contributed by atoms with Gasteiger partial charge < -0.3 is 9.47 Å². The number of non-ortho nitro benzene ring substituents is 1. The number of rotatable bonds is 7. The van der Waals surface area contributed by atoms with Crippen LogP contribution in [0, 0.1) is 22.5 Å². The van der Waals surface area contributed by atoms with E-state index in [0.29, 0.717) is 5.56 Å². The van der Waals surface area contributed by atoms with E-state index < -0.39 is 27.1 Å². The maximum atomic E-state index is 12.4. The van der Waals surface area contributed by atoms with Gasteiger partial charge in [0.2, 0.25) is 10.8 Å². The SMILES string of the molecule is CCOC(=O)C(C)(C)C(=O)C(Br)Oc1cc([N+](=O)[O-])ccc1C.